The van der Waals surface area contributed by atoms with Gasteiger partial charge in [-0.2, -0.15) is 0 Å². The van der Waals surface area contributed by atoms with Crippen LogP contribution in [-0.4, -0.2) is 0 Å². The minimum Gasteiger partial charge on any atom is -0.0948 e. The second-order valence-corrected chi connectivity index (χ2v) is 10.8. The summed E-state index contributed by atoms with van der Waals surface area (Å²) in [7, 11) is 0. The molecule has 2 aliphatic carbocycles. The summed E-state index contributed by atoms with van der Waals surface area (Å²) < 4.78 is 0. The van der Waals surface area contributed by atoms with E-state index in [1.165, 1.54) is 19.6 Å². The Morgan fingerprint density at radius 1 is 0.692 bits per heavy atom. The van der Waals surface area contributed by atoms with Crippen molar-refractivity contribution in [2.75, 3.05) is 0 Å². The number of hydrogen-bond donors (Lipinski definition) is 0. The first-order valence-electron chi connectivity index (χ1n) is 8.66. The van der Waals surface area contributed by atoms with Crippen molar-refractivity contribution in [1.29, 1.82) is 0 Å². The molecule has 0 saturated carbocycles. The standard InChI is InChI=1S/C22H20Cl2S2/c1-21-11-19(25-17-7-3-15(23)4-8-17)13-22(21,2)14-20(12-21)26-18-9-5-16(24)6-10-18/h3-12H,13-14H2,1-2H3. The molecule has 0 saturated heterocycles. The summed E-state index contributed by atoms with van der Waals surface area (Å²) in [5.74, 6) is 0. The van der Waals surface area contributed by atoms with Crippen LogP contribution in [0.25, 0.3) is 0 Å². The molecule has 0 atom stereocenters. The predicted molar refractivity (Wildman–Crippen MR) is 116 cm³/mol. The lowest BCUT2D eigenvalue weighted by atomic mass is 9.70. The number of allylic oxidation sites excluding steroid dienone is 4. The number of fused-ring (bicyclic) bond motifs is 1. The van der Waals surface area contributed by atoms with Crippen molar-refractivity contribution in [2.24, 2.45) is 10.8 Å². The van der Waals surface area contributed by atoms with Crippen LogP contribution in [0.2, 0.25) is 10.0 Å². The molecule has 2 aliphatic rings. The van der Waals surface area contributed by atoms with Gasteiger partial charge in [-0.3, -0.25) is 0 Å². The number of benzene rings is 2. The third kappa shape index (κ3) is 3.62. The van der Waals surface area contributed by atoms with Crippen molar-refractivity contribution in [1.82, 2.24) is 0 Å². The molecule has 2 aromatic carbocycles. The molecular formula is C22H20Cl2S2. The van der Waals surface area contributed by atoms with Crippen LogP contribution in [0.15, 0.2) is 80.3 Å². The summed E-state index contributed by atoms with van der Waals surface area (Å²) in [6.45, 7) is 4.79. The number of halogens is 2. The summed E-state index contributed by atoms with van der Waals surface area (Å²) in [5, 5.41) is 1.58. The van der Waals surface area contributed by atoms with Gasteiger partial charge < -0.3 is 0 Å². The van der Waals surface area contributed by atoms with Gasteiger partial charge in [0, 0.05) is 25.3 Å². The highest BCUT2D eigenvalue weighted by atomic mass is 35.5. The maximum absolute atomic E-state index is 6.00. The molecule has 0 unspecified atom stereocenters. The molecule has 134 valence electrons. The molecule has 0 spiro atoms. The van der Waals surface area contributed by atoms with Gasteiger partial charge in [-0.1, -0.05) is 72.7 Å². The number of hydrogen-bond acceptors (Lipinski definition) is 2. The molecule has 2 aromatic rings. The topological polar surface area (TPSA) is 0 Å². The molecule has 0 amide bonds. The molecule has 26 heavy (non-hydrogen) atoms. The summed E-state index contributed by atoms with van der Waals surface area (Å²) >= 11 is 15.7. The summed E-state index contributed by atoms with van der Waals surface area (Å²) in [5.41, 5.74) is 0.382. The third-order valence-electron chi connectivity index (χ3n) is 5.48. The normalized spacial score (nSPS) is 27.2. The fourth-order valence-corrected chi connectivity index (χ4v) is 6.60. The van der Waals surface area contributed by atoms with Crippen LogP contribution in [0.1, 0.15) is 26.7 Å². The third-order valence-corrected chi connectivity index (χ3v) is 8.04. The van der Waals surface area contributed by atoms with Crippen LogP contribution in [0.3, 0.4) is 0 Å². The Bertz CT molecular complexity index is 812. The van der Waals surface area contributed by atoms with E-state index < -0.39 is 0 Å². The Morgan fingerprint density at radius 3 is 1.42 bits per heavy atom. The van der Waals surface area contributed by atoms with E-state index in [4.69, 9.17) is 23.2 Å². The molecule has 4 rings (SSSR count). The monoisotopic (exact) mass is 418 g/mol. The van der Waals surface area contributed by atoms with Crippen LogP contribution in [0.5, 0.6) is 0 Å². The first-order valence-corrected chi connectivity index (χ1v) is 11.0. The Hall–Kier alpha value is -0.800. The van der Waals surface area contributed by atoms with Crippen LogP contribution < -0.4 is 0 Å². The van der Waals surface area contributed by atoms with E-state index in [-0.39, 0.29) is 10.8 Å². The van der Waals surface area contributed by atoms with Gasteiger partial charge in [0.05, 0.1) is 0 Å². The SMILES string of the molecule is CC12C=C(Sc3ccc(Cl)cc3)CC1(C)CC(Sc1ccc(Cl)cc1)=C2. The Kier molecular flexibility index (Phi) is 4.98. The van der Waals surface area contributed by atoms with Gasteiger partial charge in [-0.15, -0.1) is 0 Å². The zero-order chi connectivity index (χ0) is 18.4. The molecule has 0 fully saturated rings. The van der Waals surface area contributed by atoms with Gasteiger partial charge >= 0.3 is 0 Å². The van der Waals surface area contributed by atoms with Gasteiger partial charge in [-0.25, -0.2) is 0 Å². The van der Waals surface area contributed by atoms with E-state index in [2.05, 4.69) is 50.3 Å². The molecule has 0 aromatic heterocycles. The van der Waals surface area contributed by atoms with E-state index in [0.29, 0.717) is 0 Å². The molecular weight excluding hydrogens is 399 g/mol. The van der Waals surface area contributed by atoms with Crippen molar-refractivity contribution >= 4 is 46.7 Å². The van der Waals surface area contributed by atoms with E-state index in [9.17, 15) is 0 Å². The van der Waals surface area contributed by atoms with Gasteiger partial charge in [0.2, 0.25) is 0 Å². The fourth-order valence-electron chi connectivity index (χ4n) is 3.81. The molecule has 0 radical (unpaired) electrons. The second kappa shape index (κ2) is 6.98. The zero-order valence-corrected chi connectivity index (χ0v) is 17.9. The van der Waals surface area contributed by atoms with Crippen molar-refractivity contribution in [3.05, 3.63) is 80.5 Å². The van der Waals surface area contributed by atoms with Crippen LogP contribution in [0.4, 0.5) is 0 Å². The highest BCUT2D eigenvalue weighted by Crippen LogP contribution is 2.63. The Labute approximate surface area is 174 Å². The van der Waals surface area contributed by atoms with Gasteiger partial charge in [0.25, 0.3) is 0 Å². The average molecular weight is 419 g/mol. The molecule has 4 heteroatoms. The Balaban J connectivity index is 1.52. The highest BCUT2D eigenvalue weighted by Gasteiger charge is 2.51. The van der Waals surface area contributed by atoms with Crippen molar-refractivity contribution in [3.8, 4) is 0 Å². The molecule has 0 heterocycles. The number of thioether (sulfide) groups is 2. The van der Waals surface area contributed by atoms with Crippen LogP contribution >= 0.6 is 46.7 Å². The van der Waals surface area contributed by atoms with E-state index in [0.717, 1.165) is 22.9 Å². The predicted octanol–water partition coefficient (Wildman–Crippen LogP) is 8.47. The number of rotatable bonds is 4. The summed E-state index contributed by atoms with van der Waals surface area (Å²) in [6, 6.07) is 16.3. The lowest BCUT2D eigenvalue weighted by Gasteiger charge is -2.33. The van der Waals surface area contributed by atoms with Crippen LogP contribution in [0, 0.1) is 10.8 Å². The maximum atomic E-state index is 6.00. The Morgan fingerprint density at radius 2 is 1.08 bits per heavy atom. The summed E-state index contributed by atoms with van der Waals surface area (Å²) in [6.07, 6.45) is 7.19. The maximum Gasteiger partial charge on any atom is 0.0406 e. The van der Waals surface area contributed by atoms with E-state index in [1.54, 1.807) is 0 Å². The first-order chi connectivity index (χ1) is 12.4. The van der Waals surface area contributed by atoms with Gasteiger partial charge in [-0.05, 0) is 76.6 Å². The lowest BCUT2D eigenvalue weighted by Crippen LogP contribution is -2.26. The lowest BCUT2D eigenvalue weighted by molar-refractivity contribution is 0.218. The molecule has 0 aliphatic heterocycles. The highest BCUT2D eigenvalue weighted by molar-refractivity contribution is 8.03. The van der Waals surface area contributed by atoms with Gasteiger partial charge in [0.1, 0.15) is 0 Å². The minimum absolute atomic E-state index is 0.122. The second-order valence-electron chi connectivity index (χ2n) is 7.53. The average Bonchev–Trinajstić information content (AvgIpc) is 2.95. The van der Waals surface area contributed by atoms with Gasteiger partial charge in [0.15, 0.2) is 0 Å². The quantitative estimate of drug-likeness (QED) is 0.487. The zero-order valence-electron chi connectivity index (χ0n) is 14.8. The molecule has 0 nitrogen and oxygen atoms in total. The fraction of sp³-hybridized carbons (Fsp3) is 0.273. The van der Waals surface area contributed by atoms with Crippen molar-refractivity contribution in [2.45, 2.75) is 36.5 Å². The molecule has 0 N–H and O–H groups in total. The first kappa shape index (κ1) is 18.6. The molecule has 0 bridgehead atoms. The van der Waals surface area contributed by atoms with Crippen molar-refractivity contribution < 1.29 is 0 Å². The van der Waals surface area contributed by atoms with Crippen molar-refractivity contribution in [3.63, 3.8) is 0 Å². The largest absolute Gasteiger partial charge is 0.0948 e. The van der Waals surface area contributed by atoms with E-state index >= 15 is 0 Å². The van der Waals surface area contributed by atoms with E-state index in [1.807, 2.05) is 47.8 Å². The minimum atomic E-state index is 0.122. The smallest absolute Gasteiger partial charge is 0.0406 e. The summed E-state index contributed by atoms with van der Waals surface area (Å²) in [4.78, 5) is 5.44. The van der Waals surface area contributed by atoms with Crippen LogP contribution in [-0.2, 0) is 0 Å².